The summed E-state index contributed by atoms with van der Waals surface area (Å²) in [5.41, 5.74) is 1.13. The molecule has 14 heteroatoms. The number of ether oxygens (including phenoxy) is 1. The number of nitrogens with one attached hydrogen (secondary N) is 1. The maximum Gasteiger partial charge on any atom is 0.308 e. The zero-order chi connectivity index (χ0) is 30.4. The lowest BCUT2D eigenvalue weighted by molar-refractivity contribution is -0.384. The zero-order valence-corrected chi connectivity index (χ0v) is 24.0. The molecule has 1 fully saturated rings. The number of nitro groups is 1. The summed E-state index contributed by atoms with van der Waals surface area (Å²) < 4.78 is 6.44. The van der Waals surface area contributed by atoms with Gasteiger partial charge in [-0.15, -0.1) is 0 Å². The first-order valence-corrected chi connectivity index (χ1v) is 14.6. The number of thiazole rings is 1. The van der Waals surface area contributed by atoms with Crippen LogP contribution in [0, 0.1) is 16.0 Å². The fourth-order valence-electron chi connectivity index (χ4n) is 5.29. The second kappa shape index (κ2) is 11.0. The van der Waals surface area contributed by atoms with E-state index in [4.69, 9.17) is 4.74 Å². The molecule has 3 heterocycles. The number of phenolic OH excluding ortho intramolecular Hbond substituents is 1. The largest absolute Gasteiger partial charge is 0.508 e. The van der Waals surface area contributed by atoms with Gasteiger partial charge in [-0.1, -0.05) is 35.2 Å². The van der Waals surface area contributed by atoms with Gasteiger partial charge in [0.25, 0.3) is 5.69 Å². The van der Waals surface area contributed by atoms with Gasteiger partial charge in [-0.25, -0.2) is 4.90 Å². The summed E-state index contributed by atoms with van der Waals surface area (Å²) in [6.07, 6.45) is 0. The van der Waals surface area contributed by atoms with Crippen molar-refractivity contribution in [3.8, 4) is 11.5 Å². The average molecular weight is 619 g/mol. The maximum absolute atomic E-state index is 13.9. The zero-order valence-electron chi connectivity index (χ0n) is 22.3. The molecular formula is C29H22N4O8S2. The second-order valence-electron chi connectivity index (χ2n) is 9.82. The molecule has 3 atom stereocenters. The van der Waals surface area contributed by atoms with Gasteiger partial charge in [-0.3, -0.25) is 33.9 Å². The van der Waals surface area contributed by atoms with E-state index in [0.29, 0.717) is 26.9 Å². The molecule has 0 bridgehead atoms. The van der Waals surface area contributed by atoms with Crippen LogP contribution in [0.4, 0.5) is 17.1 Å². The Morgan fingerprint density at radius 2 is 1.67 bits per heavy atom. The Morgan fingerprint density at radius 3 is 2.30 bits per heavy atom. The molecule has 4 aromatic rings. The Hall–Kier alpha value is -4.95. The number of hydrogen-bond acceptors (Lipinski definition) is 10. The summed E-state index contributed by atoms with van der Waals surface area (Å²) >= 11 is 1.96. The Bertz CT molecular complexity index is 1820. The molecule has 12 nitrogen and oxygen atoms in total. The van der Waals surface area contributed by atoms with Crippen LogP contribution in [0.3, 0.4) is 0 Å². The minimum Gasteiger partial charge on any atom is -0.508 e. The summed E-state index contributed by atoms with van der Waals surface area (Å²) in [7, 11) is 1.53. The number of fused-ring (bicyclic) bond motifs is 2. The fourth-order valence-corrected chi connectivity index (χ4v) is 8.07. The Labute approximate surface area is 251 Å². The van der Waals surface area contributed by atoms with E-state index in [9.17, 15) is 34.4 Å². The minimum absolute atomic E-state index is 0.00741. The van der Waals surface area contributed by atoms with E-state index in [1.165, 1.54) is 48.1 Å². The standard InChI is InChI=1S/C29H22N4O8S2/c1-41-20-12-4-16(5-13-20)30-21(35)14-31-28-25(43-29(31)38)22(15-2-10-19(34)11-3-15)23-24(42-28)27(37)32(26(23)36)17-6-8-18(9-7-17)33(39)40/h2-13,22-24,34H,14H2,1H3,(H,30,35)/t22-,23?,24?/m0/s1. The number of anilines is 2. The number of carbonyl (C=O) groups is 3. The van der Waals surface area contributed by atoms with Crippen molar-refractivity contribution in [1.29, 1.82) is 0 Å². The predicted octanol–water partition coefficient (Wildman–Crippen LogP) is 3.97. The van der Waals surface area contributed by atoms with Crippen LogP contribution >= 0.6 is 23.1 Å². The molecule has 0 saturated carbocycles. The maximum atomic E-state index is 13.9. The topological polar surface area (TPSA) is 161 Å². The fraction of sp³-hybridized carbons (Fsp3) is 0.172. The van der Waals surface area contributed by atoms with Gasteiger partial charge in [0.2, 0.25) is 17.7 Å². The summed E-state index contributed by atoms with van der Waals surface area (Å²) in [6, 6.07) is 18.0. The minimum atomic E-state index is -0.932. The first-order chi connectivity index (χ1) is 20.7. The highest BCUT2D eigenvalue weighted by Gasteiger charge is 2.56. The highest BCUT2D eigenvalue weighted by molar-refractivity contribution is 8.00. The van der Waals surface area contributed by atoms with Crippen LogP contribution in [-0.2, 0) is 20.9 Å². The molecule has 218 valence electrons. The van der Waals surface area contributed by atoms with Gasteiger partial charge in [0.15, 0.2) is 0 Å². The van der Waals surface area contributed by atoms with Gasteiger partial charge in [0.1, 0.15) is 23.3 Å². The van der Waals surface area contributed by atoms with E-state index < -0.39 is 44.6 Å². The van der Waals surface area contributed by atoms with E-state index in [-0.39, 0.29) is 23.7 Å². The number of carbonyl (C=O) groups excluding carboxylic acids is 3. The van der Waals surface area contributed by atoms with E-state index in [1.54, 1.807) is 36.4 Å². The number of thioether (sulfide) groups is 1. The molecule has 3 amide bonds. The van der Waals surface area contributed by atoms with E-state index >= 15 is 0 Å². The number of hydrogen-bond donors (Lipinski definition) is 2. The van der Waals surface area contributed by atoms with E-state index in [0.717, 1.165) is 28.0 Å². The summed E-state index contributed by atoms with van der Waals surface area (Å²) in [5, 5.41) is 23.3. The number of imide groups is 1. The molecule has 2 aliphatic heterocycles. The van der Waals surface area contributed by atoms with Gasteiger partial charge in [-0.2, -0.15) is 0 Å². The van der Waals surface area contributed by atoms with Crippen LogP contribution in [0.2, 0.25) is 0 Å². The molecule has 2 aliphatic rings. The summed E-state index contributed by atoms with van der Waals surface area (Å²) in [4.78, 5) is 65.6. The van der Waals surface area contributed by atoms with Crippen molar-refractivity contribution in [3.63, 3.8) is 0 Å². The lowest BCUT2D eigenvalue weighted by Crippen LogP contribution is -2.33. The molecule has 1 aromatic heterocycles. The molecule has 2 N–H and O–H groups in total. The first-order valence-electron chi connectivity index (χ1n) is 12.9. The van der Waals surface area contributed by atoms with Crippen LogP contribution < -0.4 is 19.8 Å². The average Bonchev–Trinajstić information content (AvgIpc) is 3.44. The molecule has 0 radical (unpaired) electrons. The molecule has 43 heavy (non-hydrogen) atoms. The molecule has 0 aliphatic carbocycles. The summed E-state index contributed by atoms with van der Waals surface area (Å²) in [5.74, 6) is -2.49. The van der Waals surface area contributed by atoms with Crippen LogP contribution in [0.1, 0.15) is 16.4 Å². The quantitative estimate of drug-likeness (QED) is 0.177. The smallest absolute Gasteiger partial charge is 0.308 e. The van der Waals surface area contributed by atoms with Crippen LogP contribution in [0.25, 0.3) is 0 Å². The van der Waals surface area contributed by atoms with E-state index in [2.05, 4.69) is 5.32 Å². The van der Waals surface area contributed by atoms with Gasteiger partial charge in [0, 0.05) is 28.6 Å². The van der Waals surface area contributed by atoms with Crippen LogP contribution in [0.5, 0.6) is 11.5 Å². The van der Waals surface area contributed by atoms with Crippen LogP contribution in [0.15, 0.2) is 82.6 Å². The van der Waals surface area contributed by atoms with Crippen molar-refractivity contribution >= 4 is 57.9 Å². The Balaban J connectivity index is 1.37. The Morgan fingerprint density at radius 1 is 1.00 bits per heavy atom. The lowest BCUT2D eigenvalue weighted by atomic mass is 9.83. The molecule has 3 aromatic carbocycles. The van der Waals surface area contributed by atoms with Gasteiger partial charge in [-0.05, 0) is 54.1 Å². The third-order valence-corrected chi connectivity index (χ3v) is 9.90. The molecule has 6 rings (SSSR count). The Kier molecular flexibility index (Phi) is 7.23. The number of non-ortho nitro benzene ring substituents is 1. The lowest BCUT2D eigenvalue weighted by Gasteiger charge is -2.30. The van der Waals surface area contributed by atoms with Gasteiger partial charge in [0.05, 0.1) is 28.7 Å². The number of aromatic nitrogens is 1. The van der Waals surface area contributed by atoms with E-state index in [1.807, 2.05) is 0 Å². The number of nitrogens with zero attached hydrogens (tertiary/aromatic N) is 3. The highest BCUT2D eigenvalue weighted by Crippen LogP contribution is 2.54. The number of methoxy groups -OCH3 is 1. The third kappa shape index (κ3) is 5.04. The molecule has 2 unspecified atom stereocenters. The van der Waals surface area contributed by atoms with Crippen molar-refractivity contribution in [3.05, 3.63) is 103 Å². The number of rotatable bonds is 7. The van der Waals surface area contributed by atoms with Crippen molar-refractivity contribution in [1.82, 2.24) is 4.57 Å². The van der Waals surface area contributed by atoms with Crippen molar-refractivity contribution in [2.75, 3.05) is 17.3 Å². The number of phenols is 1. The van der Waals surface area contributed by atoms with Gasteiger partial charge < -0.3 is 15.2 Å². The SMILES string of the molecule is COc1ccc(NC(=O)Cn2c3c(sc2=O)[C@@H](c2ccc(O)cc2)C2C(=O)N(c4ccc([N+](=O)[O-])cc4)C(=O)C2S3)cc1. The predicted molar refractivity (Wildman–Crippen MR) is 159 cm³/mol. The first kappa shape index (κ1) is 28.2. The molecular weight excluding hydrogens is 596 g/mol. The summed E-state index contributed by atoms with van der Waals surface area (Å²) in [6.45, 7) is -0.322. The monoisotopic (exact) mass is 618 g/mol. The van der Waals surface area contributed by atoms with Crippen molar-refractivity contribution < 1.29 is 29.2 Å². The third-order valence-electron chi connectivity index (χ3n) is 7.30. The normalized spacial score (nSPS) is 19.1. The second-order valence-corrected chi connectivity index (χ2v) is 11.9. The van der Waals surface area contributed by atoms with Gasteiger partial charge >= 0.3 is 4.87 Å². The number of amides is 3. The number of aromatic hydroxyl groups is 1. The number of nitro benzene ring substituents is 1. The van der Waals surface area contributed by atoms with Crippen molar-refractivity contribution in [2.45, 2.75) is 22.7 Å². The van der Waals surface area contributed by atoms with Crippen molar-refractivity contribution in [2.24, 2.45) is 5.92 Å². The molecule has 1 saturated heterocycles. The molecule has 0 spiro atoms. The van der Waals surface area contributed by atoms with Crippen LogP contribution in [-0.4, -0.2) is 44.7 Å². The highest BCUT2D eigenvalue weighted by atomic mass is 32.2. The number of benzene rings is 3.